The minimum atomic E-state index is -0.278. The predicted octanol–water partition coefficient (Wildman–Crippen LogP) is 3.80. The second kappa shape index (κ2) is 4.91. The molecule has 2 aromatic carbocycles. The Kier molecular flexibility index (Phi) is 3.48. The van der Waals surface area contributed by atoms with Crippen LogP contribution < -0.4 is 5.73 Å². The highest BCUT2D eigenvalue weighted by Gasteiger charge is 2.11. The van der Waals surface area contributed by atoms with Crippen molar-refractivity contribution >= 4 is 0 Å². The van der Waals surface area contributed by atoms with Gasteiger partial charge in [-0.3, -0.25) is 0 Å². The van der Waals surface area contributed by atoms with E-state index in [4.69, 9.17) is 5.73 Å². The third kappa shape index (κ3) is 2.44. The summed E-state index contributed by atoms with van der Waals surface area (Å²) in [7, 11) is 0. The second-order valence-corrected chi connectivity index (χ2v) is 4.83. The van der Waals surface area contributed by atoms with Gasteiger partial charge in [0.05, 0.1) is 6.04 Å². The Morgan fingerprint density at radius 3 is 1.94 bits per heavy atom. The molecule has 2 N–H and O–H groups in total. The summed E-state index contributed by atoms with van der Waals surface area (Å²) in [5.74, 6) is -0.202. The highest BCUT2D eigenvalue weighted by molar-refractivity contribution is 5.37. The van der Waals surface area contributed by atoms with Crippen LogP contribution in [0.5, 0.6) is 0 Å². The number of hydrogen-bond donors (Lipinski definition) is 1. The molecule has 0 saturated heterocycles. The van der Waals surface area contributed by atoms with Gasteiger partial charge in [0.25, 0.3) is 0 Å². The molecule has 1 nitrogen and oxygen atoms in total. The number of halogens is 1. The first-order valence-electron chi connectivity index (χ1n) is 6.08. The molecule has 2 rings (SSSR count). The van der Waals surface area contributed by atoms with Crippen molar-refractivity contribution in [2.75, 3.05) is 0 Å². The van der Waals surface area contributed by atoms with E-state index < -0.39 is 0 Å². The molecular weight excluding hydrogens is 225 g/mol. The van der Waals surface area contributed by atoms with Crippen molar-refractivity contribution in [1.82, 2.24) is 0 Å². The second-order valence-electron chi connectivity index (χ2n) is 4.83. The van der Waals surface area contributed by atoms with E-state index in [1.165, 1.54) is 17.2 Å². The third-order valence-electron chi connectivity index (χ3n) is 3.45. The zero-order chi connectivity index (χ0) is 13.3. The summed E-state index contributed by atoms with van der Waals surface area (Å²) in [5, 5.41) is 0. The van der Waals surface area contributed by atoms with Gasteiger partial charge in [0.1, 0.15) is 5.82 Å². The highest BCUT2D eigenvalue weighted by Crippen LogP contribution is 2.23. The molecule has 0 radical (unpaired) electrons. The maximum absolute atomic E-state index is 13.5. The minimum absolute atomic E-state index is 0.202. The van der Waals surface area contributed by atoms with Crippen LogP contribution in [0.15, 0.2) is 36.4 Å². The zero-order valence-electron chi connectivity index (χ0n) is 11.0. The van der Waals surface area contributed by atoms with Crippen molar-refractivity contribution in [3.8, 4) is 0 Å². The maximum Gasteiger partial charge on any atom is 0.126 e. The first kappa shape index (κ1) is 12.8. The average molecular weight is 243 g/mol. The standard InChI is InChI=1S/C16H18FN/c1-10-4-6-13(8-12(10)3)16(18)14-7-5-11(2)15(17)9-14/h4-9,16H,18H2,1-3H3. The molecule has 0 heterocycles. The van der Waals surface area contributed by atoms with E-state index in [0.29, 0.717) is 5.56 Å². The van der Waals surface area contributed by atoms with E-state index >= 15 is 0 Å². The Morgan fingerprint density at radius 1 is 0.833 bits per heavy atom. The van der Waals surface area contributed by atoms with Crippen molar-refractivity contribution in [2.24, 2.45) is 5.73 Å². The van der Waals surface area contributed by atoms with Crippen LogP contribution in [-0.2, 0) is 0 Å². The molecule has 0 bridgehead atoms. The Balaban J connectivity index is 2.37. The van der Waals surface area contributed by atoms with E-state index in [-0.39, 0.29) is 11.9 Å². The van der Waals surface area contributed by atoms with Crippen molar-refractivity contribution in [3.63, 3.8) is 0 Å². The van der Waals surface area contributed by atoms with Crippen LogP contribution in [-0.4, -0.2) is 0 Å². The Labute approximate surface area is 107 Å². The molecule has 1 atom stereocenters. The number of nitrogens with two attached hydrogens (primary N) is 1. The molecule has 0 aliphatic heterocycles. The van der Waals surface area contributed by atoms with Gasteiger partial charge in [0, 0.05) is 0 Å². The number of aryl methyl sites for hydroxylation is 3. The third-order valence-corrected chi connectivity index (χ3v) is 3.45. The quantitative estimate of drug-likeness (QED) is 0.853. The lowest BCUT2D eigenvalue weighted by Crippen LogP contribution is -2.12. The van der Waals surface area contributed by atoms with E-state index in [1.807, 2.05) is 12.1 Å². The van der Waals surface area contributed by atoms with E-state index in [2.05, 4.69) is 26.0 Å². The molecule has 0 fully saturated rings. The zero-order valence-corrected chi connectivity index (χ0v) is 11.0. The molecule has 2 heteroatoms. The normalized spacial score (nSPS) is 12.5. The van der Waals surface area contributed by atoms with Gasteiger partial charge in [-0.25, -0.2) is 4.39 Å². The summed E-state index contributed by atoms with van der Waals surface area (Å²) in [6.07, 6.45) is 0. The van der Waals surface area contributed by atoms with Crippen LogP contribution in [0.25, 0.3) is 0 Å². The fourth-order valence-corrected chi connectivity index (χ4v) is 1.95. The first-order chi connectivity index (χ1) is 8.49. The SMILES string of the molecule is Cc1ccc(C(N)c2ccc(C)c(F)c2)cc1C. The van der Waals surface area contributed by atoms with Gasteiger partial charge in [-0.1, -0.05) is 30.3 Å². The Morgan fingerprint density at radius 2 is 1.39 bits per heavy atom. The highest BCUT2D eigenvalue weighted by atomic mass is 19.1. The van der Waals surface area contributed by atoms with Crippen LogP contribution in [0.1, 0.15) is 33.9 Å². The molecule has 0 aliphatic rings. The van der Waals surface area contributed by atoms with Gasteiger partial charge in [-0.05, 0) is 54.7 Å². The summed E-state index contributed by atoms with van der Waals surface area (Å²) < 4.78 is 13.5. The van der Waals surface area contributed by atoms with Gasteiger partial charge in [0.2, 0.25) is 0 Å². The van der Waals surface area contributed by atoms with Crippen molar-refractivity contribution in [3.05, 3.63) is 70.0 Å². The summed E-state index contributed by atoms with van der Waals surface area (Å²) in [5.41, 5.74) is 11.1. The fraction of sp³-hybridized carbons (Fsp3) is 0.250. The van der Waals surface area contributed by atoms with Gasteiger partial charge in [-0.15, -0.1) is 0 Å². The summed E-state index contributed by atoms with van der Waals surface area (Å²) in [6, 6.07) is 11.0. The van der Waals surface area contributed by atoms with Gasteiger partial charge in [0.15, 0.2) is 0 Å². The van der Waals surface area contributed by atoms with E-state index in [0.717, 1.165) is 11.1 Å². The fourth-order valence-electron chi connectivity index (χ4n) is 1.95. The van der Waals surface area contributed by atoms with Gasteiger partial charge < -0.3 is 5.73 Å². The van der Waals surface area contributed by atoms with Crippen LogP contribution in [0.3, 0.4) is 0 Å². The monoisotopic (exact) mass is 243 g/mol. The number of rotatable bonds is 2. The number of hydrogen-bond acceptors (Lipinski definition) is 1. The molecule has 94 valence electrons. The molecule has 1 unspecified atom stereocenters. The average Bonchev–Trinajstić information content (AvgIpc) is 2.35. The smallest absolute Gasteiger partial charge is 0.126 e. The van der Waals surface area contributed by atoms with Crippen LogP contribution in [0.2, 0.25) is 0 Å². The van der Waals surface area contributed by atoms with Gasteiger partial charge >= 0.3 is 0 Å². The molecule has 0 amide bonds. The lowest BCUT2D eigenvalue weighted by molar-refractivity contribution is 0.614. The molecule has 0 saturated carbocycles. The van der Waals surface area contributed by atoms with Gasteiger partial charge in [-0.2, -0.15) is 0 Å². The lowest BCUT2D eigenvalue weighted by atomic mass is 9.96. The topological polar surface area (TPSA) is 26.0 Å². The van der Waals surface area contributed by atoms with Crippen LogP contribution in [0.4, 0.5) is 4.39 Å². The predicted molar refractivity (Wildman–Crippen MR) is 73.1 cm³/mol. The molecule has 18 heavy (non-hydrogen) atoms. The molecule has 0 spiro atoms. The van der Waals surface area contributed by atoms with E-state index in [9.17, 15) is 4.39 Å². The number of benzene rings is 2. The minimum Gasteiger partial charge on any atom is -0.320 e. The first-order valence-corrected chi connectivity index (χ1v) is 6.08. The summed E-state index contributed by atoms with van der Waals surface area (Å²) in [4.78, 5) is 0. The van der Waals surface area contributed by atoms with Crippen molar-refractivity contribution in [2.45, 2.75) is 26.8 Å². The van der Waals surface area contributed by atoms with Crippen LogP contribution >= 0.6 is 0 Å². The van der Waals surface area contributed by atoms with Crippen molar-refractivity contribution in [1.29, 1.82) is 0 Å². The summed E-state index contributed by atoms with van der Waals surface area (Å²) >= 11 is 0. The maximum atomic E-state index is 13.5. The Hall–Kier alpha value is -1.67. The largest absolute Gasteiger partial charge is 0.320 e. The Bertz CT molecular complexity index is 524. The lowest BCUT2D eigenvalue weighted by Gasteiger charge is -2.15. The summed E-state index contributed by atoms with van der Waals surface area (Å²) in [6.45, 7) is 5.87. The van der Waals surface area contributed by atoms with Crippen LogP contribution in [0, 0.1) is 26.6 Å². The molecule has 2 aromatic rings. The van der Waals surface area contributed by atoms with E-state index in [1.54, 1.807) is 13.0 Å². The van der Waals surface area contributed by atoms with Crippen molar-refractivity contribution < 1.29 is 4.39 Å². The molecule has 0 aromatic heterocycles. The molecular formula is C16H18FN. The molecule has 0 aliphatic carbocycles.